The average molecular weight is 429 g/mol. The Morgan fingerprint density at radius 3 is 3.14 bits per heavy atom. The maximum absolute atomic E-state index is 13.3. The molecule has 4 aromatic rings. The van der Waals surface area contributed by atoms with Gasteiger partial charge in [0, 0.05) is 34.9 Å². The van der Waals surface area contributed by atoms with Gasteiger partial charge in [0.25, 0.3) is 5.56 Å². The summed E-state index contributed by atoms with van der Waals surface area (Å²) in [7, 11) is 0. The number of nitrogens with zero attached hydrogens (tertiary/aromatic N) is 4. The first-order valence-corrected chi connectivity index (χ1v) is 12.0. The van der Waals surface area contributed by atoms with Gasteiger partial charge in [0.2, 0.25) is 0 Å². The molecular weight excluding hydrogens is 408 g/mol. The van der Waals surface area contributed by atoms with Crippen molar-refractivity contribution in [3.05, 3.63) is 56.9 Å². The number of allylic oxidation sites excluding steroid dienone is 1. The third kappa shape index (κ3) is 3.03. The van der Waals surface area contributed by atoms with E-state index in [2.05, 4.69) is 18.5 Å². The Bertz CT molecular complexity index is 1220. The van der Waals surface area contributed by atoms with Crippen LogP contribution in [0.5, 0.6) is 0 Å². The first-order chi connectivity index (χ1) is 13.6. The molecule has 0 fully saturated rings. The summed E-state index contributed by atoms with van der Waals surface area (Å²) in [5.41, 5.74) is 2.31. The van der Waals surface area contributed by atoms with Crippen LogP contribution >= 0.6 is 34.4 Å². The van der Waals surface area contributed by atoms with Crippen LogP contribution in [-0.4, -0.2) is 18.9 Å². The molecule has 1 aliphatic carbocycles. The number of thiophene rings is 1. The van der Waals surface area contributed by atoms with Crippen LogP contribution in [0.15, 0.2) is 40.4 Å². The fourth-order valence-corrected chi connectivity index (χ4v) is 6.82. The van der Waals surface area contributed by atoms with Gasteiger partial charge in [-0.05, 0) is 30.7 Å². The zero-order valence-corrected chi connectivity index (χ0v) is 18.0. The molecule has 5 nitrogen and oxygen atoms in total. The molecule has 8 heteroatoms. The molecule has 0 bridgehead atoms. The molecule has 144 valence electrons. The summed E-state index contributed by atoms with van der Waals surface area (Å²) in [6, 6.07) is 0. The van der Waals surface area contributed by atoms with Gasteiger partial charge in [-0.1, -0.05) is 24.8 Å². The predicted octanol–water partition coefficient (Wildman–Crippen LogP) is 4.77. The SMILES string of the molecule is C=CCn1c(SCc2cn3ccsc3n2)nc2sc3c(c2c1=O)CC[C@H](C)C3. The second kappa shape index (κ2) is 7.17. The highest BCUT2D eigenvalue weighted by Crippen LogP contribution is 2.36. The van der Waals surface area contributed by atoms with Crippen molar-refractivity contribution in [3.63, 3.8) is 0 Å². The van der Waals surface area contributed by atoms with Crippen LogP contribution < -0.4 is 5.56 Å². The van der Waals surface area contributed by atoms with E-state index in [1.165, 1.54) is 10.4 Å². The van der Waals surface area contributed by atoms with Gasteiger partial charge < -0.3 is 0 Å². The lowest BCUT2D eigenvalue weighted by atomic mass is 9.89. The van der Waals surface area contributed by atoms with E-state index in [0.717, 1.165) is 45.3 Å². The summed E-state index contributed by atoms with van der Waals surface area (Å²) in [6.07, 6.45) is 9.01. The van der Waals surface area contributed by atoms with Crippen molar-refractivity contribution in [2.24, 2.45) is 5.92 Å². The highest BCUT2D eigenvalue weighted by atomic mass is 32.2. The molecule has 4 aromatic heterocycles. The van der Waals surface area contributed by atoms with Crippen LogP contribution in [0.25, 0.3) is 15.2 Å². The monoisotopic (exact) mass is 428 g/mol. The van der Waals surface area contributed by atoms with Gasteiger partial charge in [-0.25, -0.2) is 9.97 Å². The summed E-state index contributed by atoms with van der Waals surface area (Å²) < 4.78 is 3.80. The lowest BCUT2D eigenvalue weighted by Crippen LogP contribution is -2.23. The van der Waals surface area contributed by atoms with Crippen molar-refractivity contribution in [3.8, 4) is 0 Å². The molecule has 0 unspecified atom stereocenters. The topological polar surface area (TPSA) is 52.2 Å². The van der Waals surface area contributed by atoms with Crippen molar-refractivity contribution >= 4 is 49.6 Å². The van der Waals surface area contributed by atoms with Crippen LogP contribution in [0.2, 0.25) is 0 Å². The highest BCUT2D eigenvalue weighted by molar-refractivity contribution is 7.98. The van der Waals surface area contributed by atoms with Gasteiger partial charge >= 0.3 is 0 Å². The van der Waals surface area contributed by atoms with Crippen LogP contribution in [0, 0.1) is 5.92 Å². The summed E-state index contributed by atoms with van der Waals surface area (Å²) >= 11 is 4.90. The Balaban J connectivity index is 1.55. The third-order valence-electron chi connectivity index (χ3n) is 5.18. The van der Waals surface area contributed by atoms with E-state index in [1.54, 1.807) is 45.1 Å². The largest absolute Gasteiger partial charge is 0.297 e. The van der Waals surface area contributed by atoms with Crippen LogP contribution in [-0.2, 0) is 25.1 Å². The second-order valence-corrected chi connectivity index (χ2v) is 10.1. The number of rotatable bonds is 5. The number of fused-ring (bicyclic) bond motifs is 4. The lowest BCUT2D eigenvalue weighted by Gasteiger charge is -2.17. The average Bonchev–Trinajstić information content (AvgIpc) is 3.34. The van der Waals surface area contributed by atoms with E-state index < -0.39 is 0 Å². The fraction of sp³-hybridized carbons (Fsp3) is 0.350. The molecule has 0 saturated heterocycles. The molecule has 0 N–H and O–H groups in total. The number of hydrogen-bond acceptors (Lipinski definition) is 6. The zero-order valence-electron chi connectivity index (χ0n) is 15.6. The number of thioether (sulfide) groups is 1. The molecule has 0 aliphatic heterocycles. The number of hydrogen-bond donors (Lipinski definition) is 0. The van der Waals surface area contributed by atoms with Gasteiger partial charge in [-0.3, -0.25) is 13.8 Å². The van der Waals surface area contributed by atoms with Gasteiger partial charge in [-0.2, -0.15) is 0 Å². The molecule has 0 saturated carbocycles. The maximum atomic E-state index is 13.3. The van der Waals surface area contributed by atoms with Crippen molar-refractivity contribution in [2.45, 2.75) is 43.6 Å². The molecule has 0 amide bonds. The molecule has 0 radical (unpaired) electrons. The van der Waals surface area contributed by atoms with Crippen LogP contribution in [0.4, 0.5) is 0 Å². The molecule has 28 heavy (non-hydrogen) atoms. The number of aryl methyl sites for hydroxylation is 1. The minimum absolute atomic E-state index is 0.0743. The Kier molecular flexibility index (Phi) is 4.65. The fourth-order valence-electron chi connectivity index (χ4n) is 3.79. The minimum atomic E-state index is 0.0743. The molecule has 0 aromatic carbocycles. The zero-order chi connectivity index (χ0) is 19.3. The number of imidazole rings is 1. The lowest BCUT2D eigenvalue weighted by molar-refractivity contribution is 0.509. The highest BCUT2D eigenvalue weighted by Gasteiger charge is 2.24. The molecular formula is C20H20N4OS3. The first kappa shape index (κ1) is 18.1. The van der Waals surface area contributed by atoms with E-state index >= 15 is 0 Å². The normalized spacial score (nSPS) is 16.7. The Morgan fingerprint density at radius 1 is 1.43 bits per heavy atom. The third-order valence-corrected chi connectivity index (χ3v) is 8.11. The summed E-state index contributed by atoms with van der Waals surface area (Å²) in [6.45, 7) is 6.60. The minimum Gasteiger partial charge on any atom is -0.297 e. The van der Waals surface area contributed by atoms with Gasteiger partial charge in [0.1, 0.15) is 4.83 Å². The van der Waals surface area contributed by atoms with E-state index in [-0.39, 0.29) is 5.56 Å². The summed E-state index contributed by atoms with van der Waals surface area (Å²) in [5, 5.41) is 3.61. The van der Waals surface area contributed by atoms with Crippen LogP contribution in [0.3, 0.4) is 0 Å². The molecule has 1 aliphatic rings. The maximum Gasteiger partial charge on any atom is 0.263 e. The molecule has 1 atom stereocenters. The standard InChI is InChI=1S/C20H20N4OS3/c1-3-6-24-18(25)16-14-5-4-12(2)9-15(14)28-17(16)22-20(24)27-11-13-10-23-7-8-26-19(23)21-13/h3,7-8,10,12H,1,4-6,9,11H2,2H3/t12-/m0/s1. The predicted molar refractivity (Wildman–Crippen MR) is 118 cm³/mol. The van der Waals surface area contributed by atoms with Gasteiger partial charge in [0.15, 0.2) is 10.1 Å². The van der Waals surface area contributed by atoms with E-state index in [1.807, 2.05) is 22.2 Å². The van der Waals surface area contributed by atoms with E-state index in [4.69, 9.17) is 4.98 Å². The van der Waals surface area contributed by atoms with E-state index in [0.29, 0.717) is 18.2 Å². The van der Waals surface area contributed by atoms with Gasteiger partial charge in [-0.15, -0.1) is 29.3 Å². The quantitative estimate of drug-likeness (QED) is 0.261. The van der Waals surface area contributed by atoms with Crippen molar-refractivity contribution in [2.75, 3.05) is 0 Å². The Morgan fingerprint density at radius 2 is 2.32 bits per heavy atom. The summed E-state index contributed by atoms with van der Waals surface area (Å²) in [4.78, 5) is 26.1. The molecule has 4 heterocycles. The Labute approximate surface area is 174 Å². The van der Waals surface area contributed by atoms with Crippen molar-refractivity contribution in [1.82, 2.24) is 18.9 Å². The second-order valence-electron chi connectivity index (χ2n) is 7.24. The number of thiazole rings is 1. The Hall–Kier alpha value is -1.90. The smallest absolute Gasteiger partial charge is 0.263 e. The van der Waals surface area contributed by atoms with Crippen molar-refractivity contribution < 1.29 is 0 Å². The van der Waals surface area contributed by atoms with Crippen molar-refractivity contribution in [1.29, 1.82) is 0 Å². The number of aromatic nitrogens is 4. The first-order valence-electron chi connectivity index (χ1n) is 9.34. The van der Waals surface area contributed by atoms with Crippen LogP contribution in [0.1, 0.15) is 29.5 Å². The van der Waals surface area contributed by atoms with Gasteiger partial charge in [0.05, 0.1) is 11.1 Å². The molecule has 5 rings (SSSR count). The molecule has 0 spiro atoms. The van der Waals surface area contributed by atoms with E-state index in [9.17, 15) is 4.79 Å². The summed E-state index contributed by atoms with van der Waals surface area (Å²) in [5.74, 6) is 1.37.